The minimum absolute atomic E-state index is 0.154. The molecule has 0 heterocycles. The molecular weight excluding hydrogens is 478 g/mol. The third-order valence-electron chi connectivity index (χ3n) is 5.26. The van der Waals surface area contributed by atoms with Crippen LogP contribution in [0.25, 0.3) is 0 Å². The van der Waals surface area contributed by atoms with Gasteiger partial charge in [-0.1, -0.05) is 18.2 Å². The van der Waals surface area contributed by atoms with Gasteiger partial charge in [0.25, 0.3) is 0 Å². The summed E-state index contributed by atoms with van der Waals surface area (Å²) in [7, 11) is 4.19. The molecule has 0 fully saturated rings. The lowest BCUT2D eigenvalue weighted by Gasteiger charge is -2.31. The van der Waals surface area contributed by atoms with Crippen molar-refractivity contribution in [3.8, 4) is 5.75 Å². The van der Waals surface area contributed by atoms with E-state index in [0.29, 0.717) is 17.7 Å². The second-order valence-electron chi connectivity index (χ2n) is 9.40. The Morgan fingerprint density at radius 1 is 1.05 bits per heavy atom. The molecule has 0 saturated carbocycles. The van der Waals surface area contributed by atoms with Crippen LogP contribution >= 0.6 is 0 Å². The van der Waals surface area contributed by atoms with Gasteiger partial charge < -0.3 is 24.8 Å². The highest BCUT2D eigenvalue weighted by atomic mass is 16.6. The van der Waals surface area contributed by atoms with E-state index in [-0.39, 0.29) is 6.42 Å². The van der Waals surface area contributed by atoms with Crippen molar-refractivity contribution in [1.82, 2.24) is 15.5 Å². The van der Waals surface area contributed by atoms with E-state index in [9.17, 15) is 19.2 Å². The Labute approximate surface area is 219 Å². The highest BCUT2D eigenvalue weighted by Gasteiger charge is 2.34. The molecule has 37 heavy (non-hydrogen) atoms. The van der Waals surface area contributed by atoms with E-state index in [1.54, 1.807) is 45.0 Å². The number of ether oxygens (including phenoxy) is 3. The summed E-state index contributed by atoms with van der Waals surface area (Å²) in [6.07, 6.45) is 3.07. The number of hydrogen-bond acceptors (Lipinski definition) is 7. The standard InChI is InChI=1S/C27H39N3O7/c1-10-12-18-16-19(14-15-21(18)35-8)22(30(7)26(34)37-27(4,5)6)24(32)28-17(3)23(31)29-20(13-11-2)25(33)36-9/h10-11,14-17,20,22H,1-2,12-13H2,3-9H3,(H,28,32)(H,29,31)/t17-,20-,22-/m0/s1. The number of allylic oxidation sites excluding steroid dienone is 1. The second-order valence-corrected chi connectivity index (χ2v) is 9.40. The zero-order valence-corrected chi connectivity index (χ0v) is 22.8. The second kappa shape index (κ2) is 14.1. The van der Waals surface area contributed by atoms with Crippen LogP contribution in [0.1, 0.15) is 51.3 Å². The summed E-state index contributed by atoms with van der Waals surface area (Å²) in [4.78, 5) is 52.3. The molecule has 10 nitrogen and oxygen atoms in total. The Kier molecular flexibility index (Phi) is 11.9. The van der Waals surface area contributed by atoms with Gasteiger partial charge >= 0.3 is 12.1 Å². The number of hydrogen-bond donors (Lipinski definition) is 2. The lowest BCUT2D eigenvalue weighted by atomic mass is 9.99. The predicted octanol–water partition coefficient (Wildman–Crippen LogP) is 3.07. The minimum atomic E-state index is -1.14. The molecule has 0 aromatic heterocycles. The molecule has 2 N–H and O–H groups in total. The van der Waals surface area contributed by atoms with Crippen molar-refractivity contribution < 1.29 is 33.4 Å². The number of nitrogens with zero attached hydrogens (tertiary/aromatic N) is 1. The van der Waals surface area contributed by atoms with Crippen LogP contribution in [0, 0.1) is 0 Å². The van der Waals surface area contributed by atoms with E-state index in [1.807, 2.05) is 0 Å². The summed E-state index contributed by atoms with van der Waals surface area (Å²) < 4.78 is 15.6. The largest absolute Gasteiger partial charge is 0.496 e. The van der Waals surface area contributed by atoms with Crippen molar-refractivity contribution in [3.05, 3.63) is 54.6 Å². The van der Waals surface area contributed by atoms with Crippen molar-refractivity contribution in [1.29, 1.82) is 0 Å². The Balaban J connectivity index is 3.31. The van der Waals surface area contributed by atoms with Crippen molar-refractivity contribution >= 4 is 23.9 Å². The third-order valence-corrected chi connectivity index (χ3v) is 5.26. The smallest absolute Gasteiger partial charge is 0.410 e. The zero-order valence-electron chi connectivity index (χ0n) is 22.8. The van der Waals surface area contributed by atoms with Gasteiger partial charge in [0.05, 0.1) is 14.2 Å². The Hall–Kier alpha value is -3.82. The van der Waals surface area contributed by atoms with Gasteiger partial charge in [-0.3, -0.25) is 14.5 Å². The van der Waals surface area contributed by atoms with Crippen LogP contribution in [0.15, 0.2) is 43.5 Å². The predicted molar refractivity (Wildman–Crippen MR) is 140 cm³/mol. The fourth-order valence-corrected chi connectivity index (χ4v) is 3.45. The molecule has 0 radical (unpaired) electrons. The number of nitrogens with one attached hydrogen (secondary N) is 2. The van der Waals surface area contributed by atoms with Crippen LogP contribution < -0.4 is 15.4 Å². The SMILES string of the molecule is C=CCc1cc([C@@H](C(=O)N[C@@H](C)C(=O)N[C@@H](CC=C)C(=O)OC)N(C)C(=O)OC(C)(C)C)ccc1OC. The first-order valence-corrected chi connectivity index (χ1v) is 11.8. The third kappa shape index (κ3) is 9.29. The maximum atomic E-state index is 13.5. The van der Waals surface area contributed by atoms with Crippen molar-refractivity contribution in [2.75, 3.05) is 21.3 Å². The topological polar surface area (TPSA) is 123 Å². The van der Waals surface area contributed by atoms with Crippen molar-refractivity contribution in [2.45, 2.75) is 64.3 Å². The zero-order chi connectivity index (χ0) is 28.3. The maximum absolute atomic E-state index is 13.5. The maximum Gasteiger partial charge on any atom is 0.410 e. The molecule has 1 rings (SSSR count). The van der Waals surface area contributed by atoms with Crippen LogP contribution in [0.5, 0.6) is 5.75 Å². The van der Waals surface area contributed by atoms with E-state index < -0.39 is 47.6 Å². The van der Waals surface area contributed by atoms with Gasteiger partial charge in [0.2, 0.25) is 11.8 Å². The number of methoxy groups -OCH3 is 2. The lowest BCUT2D eigenvalue weighted by molar-refractivity contribution is -0.145. The first-order chi connectivity index (χ1) is 17.3. The molecule has 1 aromatic rings. The Bertz CT molecular complexity index is 1000. The Morgan fingerprint density at radius 2 is 1.70 bits per heavy atom. The van der Waals surface area contributed by atoms with Crippen LogP contribution in [0.3, 0.4) is 0 Å². The fourth-order valence-electron chi connectivity index (χ4n) is 3.45. The fraction of sp³-hybridized carbons (Fsp3) is 0.481. The van der Waals surface area contributed by atoms with Crippen LogP contribution in [-0.4, -0.2) is 67.7 Å². The number of amides is 3. The van der Waals surface area contributed by atoms with Gasteiger partial charge in [-0.2, -0.15) is 0 Å². The minimum Gasteiger partial charge on any atom is -0.496 e. The van der Waals surface area contributed by atoms with Crippen molar-refractivity contribution in [3.63, 3.8) is 0 Å². The molecule has 3 amide bonds. The molecule has 204 valence electrons. The molecule has 0 bridgehead atoms. The summed E-state index contributed by atoms with van der Waals surface area (Å²) in [5.41, 5.74) is 0.457. The number of benzene rings is 1. The molecule has 1 aromatic carbocycles. The first-order valence-electron chi connectivity index (χ1n) is 11.8. The molecular formula is C27H39N3O7. The number of rotatable bonds is 12. The molecule has 10 heteroatoms. The Morgan fingerprint density at radius 3 is 2.22 bits per heavy atom. The number of carbonyl (C=O) groups is 4. The average Bonchev–Trinajstić information content (AvgIpc) is 2.82. The van der Waals surface area contributed by atoms with Gasteiger partial charge in [0.1, 0.15) is 29.5 Å². The average molecular weight is 518 g/mol. The van der Waals surface area contributed by atoms with Gasteiger partial charge in [0.15, 0.2) is 0 Å². The van der Waals surface area contributed by atoms with Crippen LogP contribution in [0.2, 0.25) is 0 Å². The number of esters is 1. The molecule has 0 saturated heterocycles. The van der Waals surface area contributed by atoms with E-state index in [1.165, 1.54) is 39.2 Å². The van der Waals surface area contributed by atoms with Crippen LogP contribution in [0.4, 0.5) is 4.79 Å². The highest BCUT2D eigenvalue weighted by Crippen LogP contribution is 2.28. The summed E-state index contributed by atoms with van der Waals surface area (Å²) in [6, 6.07) is 1.99. The highest BCUT2D eigenvalue weighted by molar-refractivity contribution is 5.93. The van der Waals surface area contributed by atoms with Crippen LogP contribution in [-0.2, 0) is 30.3 Å². The summed E-state index contributed by atoms with van der Waals surface area (Å²) in [6.45, 7) is 14.0. The van der Waals surface area contributed by atoms with E-state index in [0.717, 1.165) is 5.56 Å². The van der Waals surface area contributed by atoms with E-state index in [2.05, 4.69) is 23.8 Å². The number of likely N-dealkylation sites (N-methyl/N-ethyl adjacent to an activating group) is 1. The summed E-state index contributed by atoms with van der Waals surface area (Å²) >= 11 is 0. The van der Waals surface area contributed by atoms with E-state index >= 15 is 0 Å². The number of carbonyl (C=O) groups excluding carboxylic acids is 4. The molecule has 0 unspecified atom stereocenters. The van der Waals surface area contributed by atoms with Gasteiger partial charge in [-0.05, 0) is 63.8 Å². The molecule has 0 spiro atoms. The first kappa shape index (κ1) is 31.2. The molecule has 0 aliphatic carbocycles. The quantitative estimate of drug-likeness (QED) is 0.323. The van der Waals surface area contributed by atoms with Gasteiger partial charge in [-0.25, -0.2) is 9.59 Å². The van der Waals surface area contributed by atoms with Gasteiger partial charge in [0, 0.05) is 7.05 Å². The normalized spacial score (nSPS) is 13.3. The summed E-state index contributed by atoms with van der Waals surface area (Å²) in [5.74, 6) is -1.26. The van der Waals surface area contributed by atoms with Gasteiger partial charge in [-0.15, -0.1) is 13.2 Å². The molecule has 0 aliphatic rings. The monoisotopic (exact) mass is 517 g/mol. The summed E-state index contributed by atoms with van der Waals surface area (Å²) in [5, 5.41) is 5.18. The van der Waals surface area contributed by atoms with Crippen molar-refractivity contribution in [2.24, 2.45) is 0 Å². The van der Waals surface area contributed by atoms with E-state index in [4.69, 9.17) is 14.2 Å². The molecule has 0 aliphatic heterocycles. The lowest BCUT2D eigenvalue weighted by Crippen LogP contribution is -2.53. The molecule has 3 atom stereocenters.